The third-order valence-electron chi connectivity index (χ3n) is 3.74. The molecule has 0 aliphatic carbocycles. The van der Waals surface area contributed by atoms with Crippen LogP contribution in [0.2, 0.25) is 0 Å². The van der Waals surface area contributed by atoms with Gasteiger partial charge in [0.2, 0.25) is 0 Å². The number of aromatic amines is 1. The Balaban J connectivity index is 1.73. The number of benzene rings is 1. The second-order valence-corrected chi connectivity index (χ2v) is 6.85. The molecular weight excluding hydrogens is 308 g/mol. The topological polar surface area (TPSA) is 62.8 Å². The van der Waals surface area contributed by atoms with Gasteiger partial charge in [-0.1, -0.05) is 26.0 Å². The van der Waals surface area contributed by atoms with Crippen LogP contribution in [0.5, 0.6) is 0 Å². The maximum Gasteiger partial charge on any atom is 0.124 e. The molecule has 0 saturated carbocycles. The number of fused-ring (bicyclic) bond motifs is 1. The molecule has 3 rings (SSSR count). The van der Waals surface area contributed by atoms with Gasteiger partial charge in [0.25, 0.3) is 0 Å². The first-order valence-corrected chi connectivity index (χ1v) is 8.65. The summed E-state index contributed by atoms with van der Waals surface area (Å²) in [5.74, 6) is 1.40. The molecule has 1 atom stereocenters. The van der Waals surface area contributed by atoms with Gasteiger partial charge in [-0.25, -0.2) is 9.97 Å². The number of rotatable bonds is 7. The Hall–Kier alpha value is -1.76. The van der Waals surface area contributed by atoms with Crippen molar-refractivity contribution in [1.82, 2.24) is 20.3 Å². The van der Waals surface area contributed by atoms with E-state index in [1.54, 1.807) is 18.4 Å². The molecule has 1 aromatic carbocycles. The van der Waals surface area contributed by atoms with Crippen LogP contribution < -0.4 is 5.32 Å². The van der Waals surface area contributed by atoms with E-state index in [1.165, 1.54) is 0 Å². The third kappa shape index (κ3) is 3.77. The molecule has 5 nitrogen and oxygen atoms in total. The monoisotopic (exact) mass is 330 g/mol. The van der Waals surface area contributed by atoms with Crippen LogP contribution in [0.25, 0.3) is 11.0 Å². The second-order valence-electron chi connectivity index (χ2n) is 5.91. The number of aromatic nitrogens is 3. The van der Waals surface area contributed by atoms with E-state index in [0.29, 0.717) is 12.5 Å². The van der Waals surface area contributed by atoms with Gasteiger partial charge in [0.1, 0.15) is 10.8 Å². The second kappa shape index (κ2) is 7.21. The first-order valence-electron chi connectivity index (χ1n) is 7.77. The van der Waals surface area contributed by atoms with Crippen molar-refractivity contribution in [3.8, 4) is 0 Å². The van der Waals surface area contributed by atoms with Gasteiger partial charge in [0.15, 0.2) is 0 Å². The van der Waals surface area contributed by atoms with Crippen molar-refractivity contribution in [2.75, 3.05) is 7.11 Å². The van der Waals surface area contributed by atoms with Crippen molar-refractivity contribution in [1.29, 1.82) is 0 Å². The molecule has 0 amide bonds. The molecule has 0 radical (unpaired) electrons. The van der Waals surface area contributed by atoms with Crippen molar-refractivity contribution in [2.45, 2.75) is 33.0 Å². The average molecular weight is 330 g/mol. The number of H-pyrrole nitrogens is 1. The number of ether oxygens (including phenoxy) is 1. The van der Waals surface area contributed by atoms with E-state index in [2.05, 4.69) is 40.6 Å². The van der Waals surface area contributed by atoms with Crippen LogP contribution in [0.4, 0.5) is 0 Å². The molecule has 0 aliphatic heterocycles. The number of nitrogens with zero attached hydrogens (tertiary/aromatic N) is 2. The van der Waals surface area contributed by atoms with Gasteiger partial charge in [-0.15, -0.1) is 11.3 Å². The molecule has 6 heteroatoms. The van der Waals surface area contributed by atoms with Crippen molar-refractivity contribution in [3.63, 3.8) is 0 Å². The van der Waals surface area contributed by atoms with Crippen molar-refractivity contribution >= 4 is 22.4 Å². The van der Waals surface area contributed by atoms with E-state index < -0.39 is 0 Å². The Kier molecular flexibility index (Phi) is 5.05. The summed E-state index contributed by atoms with van der Waals surface area (Å²) in [4.78, 5) is 12.7. The minimum Gasteiger partial charge on any atom is -0.378 e. The summed E-state index contributed by atoms with van der Waals surface area (Å²) in [7, 11) is 1.69. The lowest BCUT2D eigenvalue weighted by Crippen LogP contribution is -2.26. The van der Waals surface area contributed by atoms with E-state index in [0.717, 1.165) is 34.1 Å². The summed E-state index contributed by atoms with van der Waals surface area (Å²) < 4.78 is 5.12. The number of thiazole rings is 1. The molecule has 2 N–H and O–H groups in total. The third-order valence-corrected chi connectivity index (χ3v) is 4.61. The van der Waals surface area contributed by atoms with Crippen LogP contribution in [0.15, 0.2) is 29.6 Å². The van der Waals surface area contributed by atoms with Crippen LogP contribution in [-0.4, -0.2) is 22.1 Å². The maximum atomic E-state index is 5.12. The maximum absolute atomic E-state index is 5.12. The van der Waals surface area contributed by atoms with Crippen LogP contribution in [0.1, 0.15) is 36.4 Å². The highest BCUT2D eigenvalue weighted by molar-refractivity contribution is 7.09. The minimum absolute atomic E-state index is 0.162. The molecule has 0 unspecified atom stereocenters. The number of imidazole rings is 1. The summed E-state index contributed by atoms with van der Waals surface area (Å²) in [6.07, 6.45) is 0. The summed E-state index contributed by atoms with van der Waals surface area (Å²) in [6.45, 7) is 5.69. The Morgan fingerprint density at radius 3 is 2.83 bits per heavy atom. The zero-order valence-electron chi connectivity index (χ0n) is 13.7. The van der Waals surface area contributed by atoms with Gasteiger partial charge in [0, 0.05) is 19.0 Å². The summed E-state index contributed by atoms with van der Waals surface area (Å²) in [6, 6.07) is 8.28. The molecule has 0 bridgehead atoms. The quantitative estimate of drug-likeness (QED) is 0.694. The highest BCUT2D eigenvalue weighted by Gasteiger charge is 2.19. The normalized spacial score (nSPS) is 13.0. The summed E-state index contributed by atoms with van der Waals surface area (Å²) in [5, 5.41) is 6.67. The molecule has 0 spiro atoms. The Morgan fingerprint density at radius 2 is 2.09 bits per heavy atom. The van der Waals surface area contributed by atoms with E-state index in [-0.39, 0.29) is 6.04 Å². The molecule has 2 aromatic heterocycles. The van der Waals surface area contributed by atoms with E-state index in [4.69, 9.17) is 9.72 Å². The Labute approximate surface area is 140 Å². The lowest BCUT2D eigenvalue weighted by Gasteiger charge is -2.19. The zero-order valence-corrected chi connectivity index (χ0v) is 14.5. The van der Waals surface area contributed by atoms with Crippen molar-refractivity contribution < 1.29 is 4.74 Å². The molecule has 3 aromatic rings. The molecule has 0 fully saturated rings. The van der Waals surface area contributed by atoms with E-state index >= 15 is 0 Å². The highest BCUT2D eigenvalue weighted by atomic mass is 32.1. The number of hydrogen-bond acceptors (Lipinski definition) is 5. The van der Waals surface area contributed by atoms with Gasteiger partial charge in [-0.3, -0.25) is 0 Å². The van der Waals surface area contributed by atoms with Gasteiger partial charge in [-0.2, -0.15) is 0 Å². The minimum atomic E-state index is 0.162. The SMILES string of the molecule is COCc1nc(CN[C@H](c2nc3ccccc3[nH]2)C(C)C)cs1. The first-order chi connectivity index (χ1) is 11.2. The Bertz CT molecular complexity index is 732. The number of nitrogens with one attached hydrogen (secondary N) is 2. The number of para-hydroxylation sites is 2. The van der Waals surface area contributed by atoms with Gasteiger partial charge < -0.3 is 15.0 Å². The highest BCUT2D eigenvalue weighted by Crippen LogP contribution is 2.23. The fourth-order valence-electron chi connectivity index (χ4n) is 2.60. The number of methoxy groups -OCH3 is 1. The van der Waals surface area contributed by atoms with Gasteiger partial charge in [-0.05, 0) is 18.1 Å². The fraction of sp³-hybridized carbons (Fsp3) is 0.412. The molecular formula is C17H22N4OS. The van der Waals surface area contributed by atoms with Gasteiger partial charge in [0.05, 0.1) is 29.4 Å². The molecule has 23 heavy (non-hydrogen) atoms. The molecule has 122 valence electrons. The average Bonchev–Trinajstić information content (AvgIpc) is 3.14. The lowest BCUT2D eigenvalue weighted by molar-refractivity contribution is 0.184. The predicted molar refractivity (Wildman–Crippen MR) is 93.3 cm³/mol. The predicted octanol–water partition coefficient (Wildman–Crippen LogP) is 3.65. The van der Waals surface area contributed by atoms with Crippen LogP contribution in [0.3, 0.4) is 0 Å². The lowest BCUT2D eigenvalue weighted by atomic mass is 10.0. The van der Waals surface area contributed by atoms with E-state index in [1.807, 2.05) is 18.2 Å². The van der Waals surface area contributed by atoms with Gasteiger partial charge >= 0.3 is 0 Å². The van der Waals surface area contributed by atoms with Crippen LogP contribution in [-0.2, 0) is 17.9 Å². The summed E-state index contributed by atoms with van der Waals surface area (Å²) in [5.41, 5.74) is 3.13. The van der Waals surface area contributed by atoms with Crippen molar-refractivity contribution in [2.24, 2.45) is 5.92 Å². The molecule has 0 saturated heterocycles. The molecule has 2 heterocycles. The largest absolute Gasteiger partial charge is 0.378 e. The van der Waals surface area contributed by atoms with E-state index in [9.17, 15) is 0 Å². The Morgan fingerprint density at radius 1 is 1.26 bits per heavy atom. The zero-order chi connectivity index (χ0) is 16.2. The smallest absolute Gasteiger partial charge is 0.124 e. The first kappa shape index (κ1) is 16.1. The van der Waals surface area contributed by atoms with Crippen LogP contribution in [0, 0.1) is 5.92 Å². The summed E-state index contributed by atoms with van der Waals surface area (Å²) >= 11 is 1.63. The molecule has 0 aliphatic rings. The van der Waals surface area contributed by atoms with Crippen molar-refractivity contribution in [3.05, 3.63) is 46.2 Å². The standard InChI is InChI=1S/C17H22N4OS/c1-11(2)16(17-20-13-6-4-5-7-14(13)21-17)18-8-12-10-23-15(19-12)9-22-3/h4-7,10-11,16,18H,8-9H2,1-3H3,(H,20,21)/t16-/m0/s1. The number of hydrogen-bond donors (Lipinski definition) is 2. The fourth-order valence-corrected chi connectivity index (χ4v) is 3.37. The van der Waals surface area contributed by atoms with Crippen LogP contribution >= 0.6 is 11.3 Å².